The Morgan fingerprint density at radius 2 is 1.86 bits per heavy atom. The van der Waals surface area contributed by atoms with Crippen LogP contribution in [0.5, 0.6) is 0 Å². The average Bonchev–Trinajstić information content (AvgIpc) is 3.16. The number of hydrogen-bond donors (Lipinski definition) is 1. The van der Waals surface area contributed by atoms with Crippen LogP contribution in [-0.4, -0.2) is 45.7 Å². The lowest BCUT2D eigenvalue weighted by Crippen LogP contribution is -2.01. The third-order valence-electron chi connectivity index (χ3n) is 2.30. The highest BCUT2D eigenvalue weighted by Crippen LogP contribution is 1.97. The molecular formula is C14H24N4O4. The van der Waals surface area contributed by atoms with E-state index in [1.807, 2.05) is 11.5 Å². The van der Waals surface area contributed by atoms with E-state index in [9.17, 15) is 9.59 Å². The van der Waals surface area contributed by atoms with Gasteiger partial charge in [0.25, 0.3) is 0 Å². The van der Waals surface area contributed by atoms with E-state index in [1.54, 1.807) is 12.5 Å². The van der Waals surface area contributed by atoms with Gasteiger partial charge in [-0.1, -0.05) is 14.9 Å². The zero-order valence-corrected chi connectivity index (χ0v) is 11.5. The molecule has 0 bridgehead atoms. The van der Waals surface area contributed by atoms with Gasteiger partial charge in [-0.15, -0.1) is 0 Å². The van der Waals surface area contributed by atoms with Gasteiger partial charge < -0.3 is 19.0 Å². The highest BCUT2D eigenvalue weighted by Gasteiger charge is 2.07. The highest BCUT2D eigenvalue weighted by molar-refractivity contribution is 5.87. The quantitative estimate of drug-likeness (QED) is 0.872. The summed E-state index contributed by atoms with van der Waals surface area (Å²) in [7, 11) is 2.66. The van der Waals surface area contributed by atoms with Crippen LogP contribution in [-0.2, 0) is 16.0 Å². The maximum Gasteiger partial charge on any atom is 0.358 e. The summed E-state index contributed by atoms with van der Waals surface area (Å²) < 4.78 is 10.7. The minimum absolute atomic E-state index is 0. The number of aromatic nitrogens is 4. The van der Waals surface area contributed by atoms with Crippen LogP contribution in [0.4, 0.5) is 0 Å². The Morgan fingerprint density at radius 1 is 1.23 bits per heavy atom. The molecule has 0 amide bonds. The second-order valence-electron chi connectivity index (χ2n) is 3.54. The van der Waals surface area contributed by atoms with Gasteiger partial charge in [0, 0.05) is 12.7 Å². The van der Waals surface area contributed by atoms with Gasteiger partial charge in [-0.3, -0.25) is 0 Å². The maximum absolute atomic E-state index is 10.8. The number of esters is 2. The molecule has 22 heavy (non-hydrogen) atoms. The fourth-order valence-corrected chi connectivity index (χ4v) is 1.22. The molecule has 124 valence electrons. The van der Waals surface area contributed by atoms with Gasteiger partial charge >= 0.3 is 11.9 Å². The number of carbonyl (C=O) groups is 2. The van der Waals surface area contributed by atoms with Crippen molar-refractivity contribution in [2.75, 3.05) is 14.2 Å². The van der Waals surface area contributed by atoms with Gasteiger partial charge in [-0.2, -0.15) is 0 Å². The van der Waals surface area contributed by atoms with Crippen LogP contribution in [0.3, 0.4) is 0 Å². The van der Waals surface area contributed by atoms with Crippen LogP contribution in [0.2, 0.25) is 0 Å². The van der Waals surface area contributed by atoms with Gasteiger partial charge in [0.1, 0.15) is 5.69 Å². The lowest BCUT2D eigenvalue weighted by Gasteiger charge is -1.92. The van der Waals surface area contributed by atoms with Gasteiger partial charge in [-0.25, -0.2) is 19.6 Å². The first kappa shape index (κ1) is 21.7. The lowest BCUT2D eigenvalue weighted by atomic mass is 10.5. The number of methoxy groups -OCH3 is 2. The number of imidazole rings is 2. The summed E-state index contributed by atoms with van der Waals surface area (Å²) in [4.78, 5) is 31.5. The third kappa shape index (κ3) is 6.21. The Kier molecular flexibility index (Phi) is 10.9. The number of H-pyrrole nitrogens is 1. The van der Waals surface area contributed by atoms with E-state index in [2.05, 4.69) is 24.4 Å². The van der Waals surface area contributed by atoms with Crippen LogP contribution in [0.1, 0.15) is 42.8 Å². The minimum Gasteiger partial charge on any atom is -0.464 e. The number of aryl methyl sites for hydroxylation is 1. The number of aromatic amines is 1. The summed E-state index contributed by atoms with van der Waals surface area (Å²) >= 11 is 0. The summed E-state index contributed by atoms with van der Waals surface area (Å²) in [6.45, 7) is 2.78. The van der Waals surface area contributed by atoms with Crippen molar-refractivity contribution >= 4 is 11.9 Å². The third-order valence-corrected chi connectivity index (χ3v) is 2.30. The topological polar surface area (TPSA) is 99.1 Å². The van der Waals surface area contributed by atoms with E-state index in [0.717, 1.165) is 6.54 Å². The van der Waals surface area contributed by atoms with Gasteiger partial charge in [0.05, 0.1) is 33.1 Å². The predicted octanol–water partition coefficient (Wildman–Crippen LogP) is 2.16. The van der Waals surface area contributed by atoms with Crippen molar-refractivity contribution in [3.8, 4) is 0 Å². The Balaban J connectivity index is 0. The first-order chi connectivity index (χ1) is 9.62. The van der Waals surface area contributed by atoms with E-state index in [1.165, 1.54) is 26.7 Å². The summed E-state index contributed by atoms with van der Waals surface area (Å²) in [5.74, 6) is -0.787. The number of rotatable bonds is 3. The zero-order chi connectivity index (χ0) is 15.0. The molecule has 0 spiro atoms. The monoisotopic (exact) mass is 312 g/mol. The molecule has 0 atom stereocenters. The number of carbonyl (C=O) groups excluding carboxylic acids is 2. The SMILES string of the molecule is C.C.CCn1cnc(C(=O)OC)c1.COC(=O)c1cnc[nH]1. The molecule has 0 radical (unpaired) electrons. The molecule has 2 aromatic heterocycles. The molecular weight excluding hydrogens is 288 g/mol. The molecule has 2 rings (SSSR count). The second kappa shape index (κ2) is 11.1. The van der Waals surface area contributed by atoms with Crippen molar-refractivity contribution in [3.63, 3.8) is 0 Å². The van der Waals surface area contributed by atoms with Crippen LogP contribution in [0, 0.1) is 0 Å². The molecule has 2 heterocycles. The summed E-state index contributed by atoms with van der Waals surface area (Å²) in [5.41, 5.74) is 0.729. The Labute approximate surface area is 130 Å². The van der Waals surface area contributed by atoms with Crippen LogP contribution >= 0.6 is 0 Å². The molecule has 8 nitrogen and oxygen atoms in total. The molecule has 0 saturated carbocycles. The number of hydrogen-bond acceptors (Lipinski definition) is 6. The molecule has 0 aliphatic heterocycles. The van der Waals surface area contributed by atoms with Crippen LogP contribution < -0.4 is 0 Å². The molecule has 1 N–H and O–H groups in total. The Bertz CT molecular complexity index is 549. The van der Waals surface area contributed by atoms with E-state index < -0.39 is 11.9 Å². The van der Waals surface area contributed by atoms with Crippen molar-refractivity contribution in [2.45, 2.75) is 28.3 Å². The molecule has 2 aromatic rings. The summed E-state index contributed by atoms with van der Waals surface area (Å²) in [6.07, 6.45) is 6.09. The fourth-order valence-electron chi connectivity index (χ4n) is 1.22. The van der Waals surface area contributed by atoms with E-state index in [0.29, 0.717) is 11.4 Å². The standard InChI is InChI=1S/C7H10N2O2.C5H6N2O2.2CH4/c1-3-9-4-6(8-5-9)7(10)11-2;1-9-5(8)4-2-6-3-7-4;;/h4-5H,3H2,1-2H3;2-3H,1H3,(H,6,7);2*1H4. The highest BCUT2D eigenvalue weighted by atomic mass is 16.5. The second-order valence-corrected chi connectivity index (χ2v) is 3.54. The minimum atomic E-state index is -0.396. The first-order valence-electron chi connectivity index (χ1n) is 5.79. The van der Waals surface area contributed by atoms with Crippen molar-refractivity contribution in [2.24, 2.45) is 0 Å². The average molecular weight is 312 g/mol. The molecule has 0 aromatic carbocycles. The normalized spacial score (nSPS) is 8.50. The number of nitrogens with zero attached hydrogens (tertiary/aromatic N) is 3. The number of ether oxygens (including phenoxy) is 2. The molecule has 8 heteroatoms. The summed E-state index contributed by atoms with van der Waals surface area (Å²) in [5, 5.41) is 0. The van der Waals surface area contributed by atoms with E-state index in [-0.39, 0.29) is 14.9 Å². The Morgan fingerprint density at radius 3 is 2.27 bits per heavy atom. The number of nitrogens with one attached hydrogen (secondary N) is 1. The van der Waals surface area contributed by atoms with Crippen molar-refractivity contribution in [1.29, 1.82) is 0 Å². The van der Waals surface area contributed by atoms with Crippen LogP contribution in [0.25, 0.3) is 0 Å². The molecule has 0 aliphatic carbocycles. The van der Waals surface area contributed by atoms with Gasteiger partial charge in [-0.05, 0) is 6.92 Å². The van der Waals surface area contributed by atoms with Gasteiger partial charge in [0.15, 0.2) is 5.69 Å². The maximum atomic E-state index is 10.8. The largest absolute Gasteiger partial charge is 0.464 e. The van der Waals surface area contributed by atoms with Crippen molar-refractivity contribution in [3.05, 3.63) is 36.4 Å². The fraction of sp³-hybridized carbons (Fsp3) is 0.429. The van der Waals surface area contributed by atoms with Crippen molar-refractivity contribution in [1.82, 2.24) is 19.5 Å². The first-order valence-corrected chi connectivity index (χ1v) is 5.79. The molecule has 0 fully saturated rings. The van der Waals surface area contributed by atoms with Crippen LogP contribution in [0.15, 0.2) is 25.0 Å². The predicted molar refractivity (Wildman–Crippen MR) is 82.6 cm³/mol. The van der Waals surface area contributed by atoms with E-state index in [4.69, 9.17) is 0 Å². The summed E-state index contributed by atoms with van der Waals surface area (Å²) in [6, 6.07) is 0. The Hall–Kier alpha value is -2.64. The van der Waals surface area contributed by atoms with Crippen molar-refractivity contribution < 1.29 is 19.1 Å². The molecule has 0 unspecified atom stereocenters. The zero-order valence-electron chi connectivity index (χ0n) is 11.5. The molecule has 0 saturated heterocycles. The smallest absolute Gasteiger partial charge is 0.358 e. The lowest BCUT2D eigenvalue weighted by molar-refractivity contribution is 0.0586. The molecule has 0 aliphatic rings. The van der Waals surface area contributed by atoms with E-state index >= 15 is 0 Å². The van der Waals surface area contributed by atoms with Gasteiger partial charge in [0.2, 0.25) is 0 Å².